The van der Waals surface area contributed by atoms with Crippen LogP contribution in [0.1, 0.15) is 290 Å². The minimum Gasteiger partial charge on any atom is -0.462 e. The number of allylic oxidation sites excluding steroid dienone is 16. The summed E-state index contributed by atoms with van der Waals surface area (Å²) in [4.78, 5) is 38.3. The number of esters is 3. The molecule has 0 N–H and O–H groups in total. The van der Waals surface area contributed by atoms with Crippen molar-refractivity contribution in [3.05, 3.63) is 97.2 Å². The first-order chi connectivity index (χ1) is 36.0. The molecule has 1 unspecified atom stereocenters. The highest BCUT2D eigenvalue weighted by Crippen LogP contribution is 2.15. The predicted molar refractivity (Wildman–Crippen MR) is 316 cm³/mol. The Hall–Kier alpha value is -3.67. The Morgan fingerprint density at radius 3 is 0.836 bits per heavy atom. The van der Waals surface area contributed by atoms with Gasteiger partial charge in [0.2, 0.25) is 0 Å². The van der Waals surface area contributed by atoms with Crippen molar-refractivity contribution in [2.45, 2.75) is 297 Å². The lowest BCUT2D eigenvalue weighted by molar-refractivity contribution is -0.167. The van der Waals surface area contributed by atoms with Gasteiger partial charge >= 0.3 is 17.9 Å². The fourth-order valence-electron chi connectivity index (χ4n) is 8.44. The molecule has 6 nitrogen and oxygen atoms in total. The first kappa shape index (κ1) is 69.3. The van der Waals surface area contributed by atoms with Crippen molar-refractivity contribution in [1.82, 2.24) is 0 Å². The van der Waals surface area contributed by atoms with Crippen LogP contribution in [0.5, 0.6) is 0 Å². The molecule has 418 valence electrons. The van der Waals surface area contributed by atoms with E-state index in [1.165, 1.54) is 141 Å². The predicted octanol–water partition coefficient (Wildman–Crippen LogP) is 20.9. The maximum absolute atomic E-state index is 12.9. The van der Waals surface area contributed by atoms with E-state index in [2.05, 4.69) is 118 Å². The average molecular weight is 1020 g/mol. The maximum Gasteiger partial charge on any atom is 0.306 e. The normalized spacial score (nSPS) is 12.8. The lowest BCUT2D eigenvalue weighted by Crippen LogP contribution is -2.30. The molecule has 0 bridgehead atoms. The second kappa shape index (κ2) is 60.9. The van der Waals surface area contributed by atoms with Gasteiger partial charge in [0.05, 0.1) is 0 Å². The third-order valence-electron chi connectivity index (χ3n) is 13.0. The standard InChI is InChI=1S/C67H114O6/c1-4-7-10-13-16-19-22-25-28-31-33-36-39-42-45-48-51-54-57-60-66(69)72-63-64(62-71-65(68)59-56-53-50-47-44-41-38-35-30-27-24-21-18-15-12-9-6-3)73-67(70)61-58-55-52-49-46-43-40-37-34-32-29-26-23-20-17-14-11-8-5-2/h9,12,16-21,25-30,38,41,64H,4-8,10-11,13-15,22-24,31-37,39-40,42-63H2,1-3H3/b12-9-,19-16-,20-17-,21-18-,28-25-,29-26-,30-27-,41-38-. The smallest absolute Gasteiger partial charge is 0.306 e. The van der Waals surface area contributed by atoms with E-state index in [1.807, 2.05) is 0 Å². The molecule has 0 aliphatic heterocycles. The third kappa shape index (κ3) is 59.1. The zero-order chi connectivity index (χ0) is 52.9. The van der Waals surface area contributed by atoms with Gasteiger partial charge in [-0.25, -0.2) is 0 Å². The van der Waals surface area contributed by atoms with Gasteiger partial charge in [0.15, 0.2) is 6.10 Å². The summed E-state index contributed by atoms with van der Waals surface area (Å²) >= 11 is 0. The van der Waals surface area contributed by atoms with Crippen molar-refractivity contribution in [3.63, 3.8) is 0 Å². The molecule has 0 aliphatic rings. The Bertz CT molecular complexity index is 1440. The number of ether oxygens (including phenoxy) is 3. The molecule has 0 saturated carbocycles. The fraction of sp³-hybridized carbons (Fsp3) is 0.716. The number of hydrogen-bond donors (Lipinski definition) is 0. The Morgan fingerprint density at radius 2 is 0.534 bits per heavy atom. The van der Waals surface area contributed by atoms with E-state index in [1.54, 1.807) is 0 Å². The van der Waals surface area contributed by atoms with Gasteiger partial charge in [-0.3, -0.25) is 14.4 Å². The van der Waals surface area contributed by atoms with Crippen LogP contribution in [0.2, 0.25) is 0 Å². The second-order valence-electron chi connectivity index (χ2n) is 20.2. The highest BCUT2D eigenvalue weighted by Gasteiger charge is 2.19. The van der Waals surface area contributed by atoms with E-state index >= 15 is 0 Å². The molecule has 0 saturated heterocycles. The molecule has 6 heteroatoms. The Labute approximate surface area is 451 Å². The topological polar surface area (TPSA) is 78.9 Å². The van der Waals surface area contributed by atoms with Crippen molar-refractivity contribution in [2.75, 3.05) is 13.2 Å². The Morgan fingerprint density at radius 1 is 0.288 bits per heavy atom. The number of carbonyl (C=O) groups excluding carboxylic acids is 3. The van der Waals surface area contributed by atoms with Crippen molar-refractivity contribution in [3.8, 4) is 0 Å². The summed E-state index contributed by atoms with van der Waals surface area (Å²) in [6, 6.07) is 0. The third-order valence-corrected chi connectivity index (χ3v) is 13.0. The number of carbonyl (C=O) groups is 3. The number of hydrogen-bond acceptors (Lipinski definition) is 6. The van der Waals surface area contributed by atoms with Crippen molar-refractivity contribution >= 4 is 17.9 Å². The molecule has 0 aromatic rings. The van der Waals surface area contributed by atoms with Gasteiger partial charge in [0.1, 0.15) is 13.2 Å². The summed E-state index contributed by atoms with van der Waals surface area (Å²) in [7, 11) is 0. The molecular weight excluding hydrogens is 901 g/mol. The Balaban J connectivity index is 4.43. The zero-order valence-electron chi connectivity index (χ0n) is 47.9. The minimum absolute atomic E-state index is 0.0893. The van der Waals surface area contributed by atoms with Crippen LogP contribution in [-0.2, 0) is 28.6 Å². The summed E-state index contributed by atoms with van der Waals surface area (Å²) in [6.45, 7) is 6.47. The lowest BCUT2D eigenvalue weighted by Gasteiger charge is -2.18. The van der Waals surface area contributed by atoms with Gasteiger partial charge in [0.25, 0.3) is 0 Å². The zero-order valence-corrected chi connectivity index (χ0v) is 47.9. The van der Waals surface area contributed by atoms with E-state index in [4.69, 9.17) is 14.2 Å². The van der Waals surface area contributed by atoms with Crippen molar-refractivity contribution < 1.29 is 28.6 Å². The molecule has 0 aliphatic carbocycles. The SMILES string of the molecule is CC/C=C\C/C=C\C/C=C\C/C=C\CCCCCCC(=O)OCC(COC(=O)CCCCCCCCCCC/C=C\C/C=C\CCCCC)OC(=O)CCCCCCCCCCC/C=C\C/C=C\CCCCC. The summed E-state index contributed by atoms with van der Waals surface area (Å²) in [6.07, 6.45) is 81.1. The van der Waals surface area contributed by atoms with Gasteiger partial charge in [-0.2, -0.15) is 0 Å². The van der Waals surface area contributed by atoms with E-state index in [0.717, 1.165) is 109 Å². The van der Waals surface area contributed by atoms with Crippen LogP contribution < -0.4 is 0 Å². The molecule has 0 radical (unpaired) electrons. The molecular formula is C67H114O6. The van der Waals surface area contributed by atoms with Crippen LogP contribution in [0, 0.1) is 0 Å². The molecule has 0 aromatic carbocycles. The quantitative estimate of drug-likeness (QED) is 0.0261. The molecule has 1 atom stereocenters. The van der Waals surface area contributed by atoms with Gasteiger partial charge in [-0.1, -0.05) is 246 Å². The van der Waals surface area contributed by atoms with Gasteiger partial charge in [-0.05, 0) is 122 Å². The van der Waals surface area contributed by atoms with E-state index in [9.17, 15) is 14.4 Å². The monoisotopic (exact) mass is 1010 g/mol. The summed E-state index contributed by atoms with van der Waals surface area (Å²) < 4.78 is 16.9. The number of rotatable bonds is 55. The van der Waals surface area contributed by atoms with E-state index in [-0.39, 0.29) is 31.1 Å². The van der Waals surface area contributed by atoms with E-state index < -0.39 is 6.10 Å². The second-order valence-corrected chi connectivity index (χ2v) is 20.2. The fourth-order valence-corrected chi connectivity index (χ4v) is 8.44. The average Bonchev–Trinajstić information content (AvgIpc) is 3.39. The Kier molecular flexibility index (Phi) is 57.8. The maximum atomic E-state index is 12.9. The van der Waals surface area contributed by atoms with E-state index in [0.29, 0.717) is 19.3 Å². The molecule has 0 aromatic heterocycles. The van der Waals surface area contributed by atoms with Gasteiger partial charge < -0.3 is 14.2 Å². The van der Waals surface area contributed by atoms with Gasteiger partial charge in [0, 0.05) is 19.3 Å². The first-order valence-electron chi connectivity index (χ1n) is 30.7. The minimum atomic E-state index is -0.794. The first-order valence-corrected chi connectivity index (χ1v) is 30.7. The van der Waals surface area contributed by atoms with Crippen molar-refractivity contribution in [1.29, 1.82) is 0 Å². The van der Waals surface area contributed by atoms with Crippen LogP contribution in [0.3, 0.4) is 0 Å². The summed E-state index contributed by atoms with van der Waals surface area (Å²) in [5, 5.41) is 0. The highest BCUT2D eigenvalue weighted by atomic mass is 16.6. The lowest BCUT2D eigenvalue weighted by atomic mass is 10.1. The largest absolute Gasteiger partial charge is 0.462 e. The molecule has 0 heterocycles. The van der Waals surface area contributed by atoms with Crippen LogP contribution in [0.15, 0.2) is 97.2 Å². The van der Waals surface area contributed by atoms with Crippen LogP contribution >= 0.6 is 0 Å². The van der Waals surface area contributed by atoms with Crippen LogP contribution in [-0.4, -0.2) is 37.2 Å². The summed E-state index contributed by atoms with van der Waals surface area (Å²) in [5.41, 5.74) is 0. The molecule has 0 rings (SSSR count). The van der Waals surface area contributed by atoms with Crippen molar-refractivity contribution in [2.24, 2.45) is 0 Å². The molecule has 0 amide bonds. The van der Waals surface area contributed by atoms with Crippen LogP contribution in [0.4, 0.5) is 0 Å². The molecule has 73 heavy (non-hydrogen) atoms. The van der Waals surface area contributed by atoms with Crippen LogP contribution in [0.25, 0.3) is 0 Å². The summed E-state index contributed by atoms with van der Waals surface area (Å²) in [5.74, 6) is -0.914. The number of unbranched alkanes of at least 4 members (excludes halogenated alkanes) is 28. The molecule has 0 spiro atoms. The molecule has 0 fully saturated rings. The van der Waals surface area contributed by atoms with Gasteiger partial charge in [-0.15, -0.1) is 0 Å². The highest BCUT2D eigenvalue weighted by molar-refractivity contribution is 5.71.